The molecule has 2 heterocycles. The van der Waals surface area contributed by atoms with Gasteiger partial charge < -0.3 is 4.84 Å². The minimum Gasteiger partial charge on any atom is -0.367 e. The molecule has 4 nitrogen and oxygen atoms in total. The van der Waals surface area contributed by atoms with Gasteiger partial charge in [0.15, 0.2) is 0 Å². The Morgan fingerprint density at radius 2 is 2.00 bits per heavy atom. The van der Waals surface area contributed by atoms with E-state index in [1.807, 2.05) is 26.2 Å². The molecule has 0 saturated carbocycles. The predicted molar refractivity (Wildman–Crippen MR) is 96.4 cm³/mol. The SMILES string of the molecule is CC(C)(C)C(=O)ON1CCCC[C@@H]1c1csc(-c2ccc(F)cc2)n1. The number of carbonyl (C=O) groups is 1. The van der Waals surface area contributed by atoms with E-state index in [9.17, 15) is 9.18 Å². The molecule has 1 fully saturated rings. The van der Waals surface area contributed by atoms with E-state index in [1.165, 1.54) is 23.5 Å². The quantitative estimate of drug-likeness (QED) is 0.772. The molecule has 0 unspecified atom stereocenters. The van der Waals surface area contributed by atoms with Gasteiger partial charge in [-0.25, -0.2) is 14.2 Å². The maximum absolute atomic E-state index is 13.1. The Bertz CT molecular complexity index is 737. The second kappa shape index (κ2) is 7.22. The molecule has 0 aliphatic carbocycles. The summed E-state index contributed by atoms with van der Waals surface area (Å²) in [5.74, 6) is -0.485. The summed E-state index contributed by atoms with van der Waals surface area (Å²) in [5, 5.41) is 4.63. The Hall–Kier alpha value is -1.79. The third-order valence-corrected chi connectivity index (χ3v) is 5.13. The van der Waals surface area contributed by atoms with Crippen LogP contribution in [-0.2, 0) is 9.63 Å². The van der Waals surface area contributed by atoms with E-state index in [2.05, 4.69) is 0 Å². The normalized spacial score (nSPS) is 19.0. The van der Waals surface area contributed by atoms with Gasteiger partial charge in [0.1, 0.15) is 10.8 Å². The molecule has 0 amide bonds. The number of benzene rings is 1. The summed E-state index contributed by atoms with van der Waals surface area (Å²) in [6.45, 7) is 6.27. The molecule has 0 N–H and O–H groups in total. The number of aromatic nitrogens is 1. The molecule has 25 heavy (non-hydrogen) atoms. The monoisotopic (exact) mass is 362 g/mol. The number of thiazole rings is 1. The number of piperidine rings is 1. The predicted octanol–water partition coefficient (Wildman–Crippen LogP) is 4.98. The molecular formula is C19H23FN2O2S. The van der Waals surface area contributed by atoms with Gasteiger partial charge in [-0.2, -0.15) is 0 Å². The van der Waals surface area contributed by atoms with Gasteiger partial charge in [0, 0.05) is 17.5 Å². The average Bonchev–Trinajstić information content (AvgIpc) is 3.05. The highest BCUT2D eigenvalue weighted by Gasteiger charge is 2.32. The van der Waals surface area contributed by atoms with E-state index in [4.69, 9.17) is 9.82 Å². The van der Waals surface area contributed by atoms with Gasteiger partial charge in [0.05, 0.1) is 17.2 Å². The van der Waals surface area contributed by atoms with Gasteiger partial charge >= 0.3 is 5.97 Å². The van der Waals surface area contributed by atoms with Gasteiger partial charge in [-0.3, -0.25) is 0 Å². The van der Waals surface area contributed by atoms with Crippen molar-refractivity contribution in [1.29, 1.82) is 0 Å². The van der Waals surface area contributed by atoms with Crippen molar-refractivity contribution in [2.45, 2.75) is 46.1 Å². The Morgan fingerprint density at radius 1 is 1.28 bits per heavy atom. The average molecular weight is 362 g/mol. The highest BCUT2D eigenvalue weighted by Crippen LogP contribution is 2.35. The topological polar surface area (TPSA) is 42.4 Å². The van der Waals surface area contributed by atoms with Gasteiger partial charge in [-0.15, -0.1) is 16.4 Å². The lowest BCUT2D eigenvalue weighted by atomic mass is 9.97. The molecule has 1 aliphatic rings. The Labute approximate surface area is 151 Å². The zero-order valence-electron chi connectivity index (χ0n) is 14.8. The van der Waals surface area contributed by atoms with Gasteiger partial charge in [-0.05, 0) is 64.3 Å². The fraction of sp³-hybridized carbons (Fsp3) is 0.474. The van der Waals surface area contributed by atoms with Crippen LogP contribution in [0.5, 0.6) is 0 Å². The van der Waals surface area contributed by atoms with E-state index in [1.54, 1.807) is 17.2 Å². The molecule has 134 valence electrons. The summed E-state index contributed by atoms with van der Waals surface area (Å²) >= 11 is 1.53. The molecule has 1 aliphatic heterocycles. The van der Waals surface area contributed by atoms with Crippen molar-refractivity contribution in [3.63, 3.8) is 0 Å². The molecule has 2 aromatic rings. The van der Waals surface area contributed by atoms with Crippen LogP contribution in [0.1, 0.15) is 51.8 Å². The van der Waals surface area contributed by atoms with Crippen LogP contribution >= 0.6 is 11.3 Å². The standard InChI is InChI=1S/C19H23FN2O2S/c1-19(2,3)18(23)24-22-11-5-4-6-16(22)15-12-25-17(21-15)13-7-9-14(20)10-8-13/h7-10,12,16H,4-6,11H2,1-3H3/t16-/m1/s1. The van der Waals surface area contributed by atoms with Crippen molar-refractivity contribution in [2.24, 2.45) is 5.41 Å². The third kappa shape index (κ3) is 4.25. The van der Waals surface area contributed by atoms with E-state index in [0.29, 0.717) is 0 Å². The molecule has 1 aromatic carbocycles. The van der Waals surface area contributed by atoms with Crippen LogP contribution in [0.3, 0.4) is 0 Å². The molecule has 1 atom stereocenters. The number of hydroxylamine groups is 2. The highest BCUT2D eigenvalue weighted by atomic mass is 32.1. The second-order valence-corrected chi connectivity index (χ2v) is 8.22. The number of nitrogens with zero attached hydrogens (tertiary/aromatic N) is 2. The molecule has 1 saturated heterocycles. The molecular weight excluding hydrogens is 339 g/mol. The summed E-state index contributed by atoms with van der Waals surface area (Å²) in [4.78, 5) is 22.6. The number of hydrogen-bond donors (Lipinski definition) is 0. The van der Waals surface area contributed by atoms with Crippen LogP contribution in [0.2, 0.25) is 0 Å². The lowest BCUT2D eigenvalue weighted by Gasteiger charge is -2.34. The van der Waals surface area contributed by atoms with Gasteiger partial charge in [-0.1, -0.05) is 0 Å². The number of hydrogen-bond acceptors (Lipinski definition) is 5. The van der Waals surface area contributed by atoms with Gasteiger partial charge in [0.25, 0.3) is 0 Å². The number of halogens is 1. The lowest BCUT2D eigenvalue weighted by molar-refractivity contribution is -0.218. The van der Waals surface area contributed by atoms with Crippen LogP contribution in [0.4, 0.5) is 4.39 Å². The molecule has 3 rings (SSSR count). The molecule has 6 heteroatoms. The van der Waals surface area contributed by atoms with Crippen molar-refractivity contribution in [2.75, 3.05) is 6.54 Å². The zero-order valence-corrected chi connectivity index (χ0v) is 15.6. The first-order valence-electron chi connectivity index (χ1n) is 8.55. The maximum Gasteiger partial charge on any atom is 0.330 e. The second-order valence-electron chi connectivity index (χ2n) is 7.37. The Balaban J connectivity index is 1.79. The number of carbonyl (C=O) groups excluding carboxylic acids is 1. The van der Waals surface area contributed by atoms with Crippen LogP contribution in [0.25, 0.3) is 10.6 Å². The van der Waals surface area contributed by atoms with E-state index >= 15 is 0 Å². The summed E-state index contributed by atoms with van der Waals surface area (Å²) in [6, 6.07) is 6.32. The highest BCUT2D eigenvalue weighted by molar-refractivity contribution is 7.13. The fourth-order valence-electron chi connectivity index (χ4n) is 2.72. The Morgan fingerprint density at radius 3 is 2.68 bits per heavy atom. The summed E-state index contributed by atoms with van der Waals surface area (Å²) in [5.41, 5.74) is 1.26. The maximum atomic E-state index is 13.1. The van der Waals surface area contributed by atoms with E-state index < -0.39 is 5.41 Å². The van der Waals surface area contributed by atoms with Crippen LogP contribution < -0.4 is 0 Å². The van der Waals surface area contributed by atoms with E-state index in [-0.39, 0.29) is 17.8 Å². The van der Waals surface area contributed by atoms with Crippen molar-refractivity contribution in [1.82, 2.24) is 10.0 Å². The van der Waals surface area contributed by atoms with Gasteiger partial charge in [0.2, 0.25) is 0 Å². The molecule has 0 radical (unpaired) electrons. The van der Waals surface area contributed by atoms with Crippen molar-refractivity contribution in [3.8, 4) is 10.6 Å². The Kier molecular flexibility index (Phi) is 5.20. The fourth-order valence-corrected chi connectivity index (χ4v) is 3.59. The first kappa shape index (κ1) is 18.0. The molecule has 0 bridgehead atoms. The minimum atomic E-state index is -0.538. The smallest absolute Gasteiger partial charge is 0.330 e. The van der Waals surface area contributed by atoms with E-state index in [0.717, 1.165) is 42.1 Å². The third-order valence-electron chi connectivity index (χ3n) is 4.22. The van der Waals surface area contributed by atoms with Crippen molar-refractivity contribution < 1.29 is 14.0 Å². The summed E-state index contributed by atoms with van der Waals surface area (Å²) < 4.78 is 13.1. The summed E-state index contributed by atoms with van der Waals surface area (Å²) in [7, 11) is 0. The zero-order chi connectivity index (χ0) is 18.0. The molecule has 0 spiro atoms. The van der Waals surface area contributed by atoms with Crippen LogP contribution in [0.15, 0.2) is 29.6 Å². The van der Waals surface area contributed by atoms with Crippen LogP contribution in [0, 0.1) is 11.2 Å². The minimum absolute atomic E-state index is 0.0227. The lowest BCUT2D eigenvalue weighted by Crippen LogP contribution is -2.39. The molecule has 1 aromatic heterocycles. The summed E-state index contributed by atoms with van der Waals surface area (Å²) in [6.07, 6.45) is 2.99. The van der Waals surface area contributed by atoms with Crippen molar-refractivity contribution >= 4 is 17.3 Å². The first-order chi connectivity index (χ1) is 11.8. The first-order valence-corrected chi connectivity index (χ1v) is 9.43. The number of rotatable bonds is 3. The van der Waals surface area contributed by atoms with Crippen molar-refractivity contribution in [3.05, 3.63) is 41.2 Å². The largest absolute Gasteiger partial charge is 0.367 e. The van der Waals surface area contributed by atoms with Crippen LogP contribution in [-0.4, -0.2) is 22.6 Å².